The molecule has 0 bridgehead atoms. The maximum atomic E-state index is 13.6. The molecular formula is C27H34FN3O3. The van der Waals surface area contributed by atoms with Crippen LogP contribution in [0.1, 0.15) is 24.0 Å². The van der Waals surface area contributed by atoms with Gasteiger partial charge in [-0.05, 0) is 36.1 Å². The van der Waals surface area contributed by atoms with Crippen LogP contribution in [0.2, 0.25) is 0 Å². The average Bonchev–Trinajstić information content (AvgIpc) is 3.15. The zero-order valence-electron chi connectivity index (χ0n) is 19.5. The van der Waals surface area contributed by atoms with Crippen molar-refractivity contribution >= 4 is 6.09 Å². The number of hydrogen-bond acceptors (Lipinski definition) is 5. The second kappa shape index (κ2) is 11.1. The van der Waals surface area contributed by atoms with Crippen molar-refractivity contribution in [2.24, 2.45) is 5.92 Å². The van der Waals surface area contributed by atoms with Gasteiger partial charge < -0.3 is 20.1 Å². The maximum absolute atomic E-state index is 13.6. The Morgan fingerprint density at radius 3 is 2.53 bits per heavy atom. The summed E-state index contributed by atoms with van der Waals surface area (Å²) in [5, 5.41) is 14.8. The SMILES string of the molecule is C=CCOC(=O)NC1CCN(CC2CN(Cc3ccccc3)CC2(O)c2ccc(F)cc2)CC1. The number of β-amino-alcohol motifs (C(OH)–C–C–N with tert-alkyl or cyclic N) is 1. The average molecular weight is 468 g/mol. The predicted octanol–water partition coefficient (Wildman–Crippen LogP) is 3.52. The van der Waals surface area contributed by atoms with Crippen molar-refractivity contribution < 1.29 is 19.0 Å². The largest absolute Gasteiger partial charge is 0.445 e. The highest BCUT2D eigenvalue weighted by molar-refractivity contribution is 5.67. The molecule has 0 aromatic heterocycles. The van der Waals surface area contributed by atoms with Crippen molar-refractivity contribution in [2.45, 2.75) is 31.0 Å². The van der Waals surface area contributed by atoms with Crippen molar-refractivity contribution in [3.05, 3.63) is 84.2 Å². The number of hydrogen-bond donors (Lipinski definition) is 2. The van der Waals surface area contributed by atoms with E-state index >= 15 is 0 Å². The van der Waals surface area contributed by atoms with Crippen LogP contribution < -0.4 is 5.32 Å². The molecule has 7 heteroatoms. The molecule has 2 aliphatic heterocycles. The Hall–Kier alpha value is -2.74. The van der Waals surface area contributed by atoms with Crippen molar-refractivity contribution in [2.75, 3.05) is 39.3 Å². The molecule has 2 N–H and O–H groups in total. The lowest BCUT2D eigenvalue weighted by molar-refractivity contribution is -0.00820. The molecule has 2 unspecified atom stereocenters. The molecule has 0 radical (unpaired) electrons. The topological polar surface area (TPSA) is 65.0 Å². The number of halogens is 1. The first-order valence-electron chi connectivity index (χ1n) is 12.0. The number of nitrogens with one attached hydrogen (secondary N) is 1. The number of nitrogens with zero attached hydrogens (tertiary/aromatic N) is 2. The molecule has 2 atom stereocenters. The summed E-state index contributed by atoms with van der Waals surface area (Å²) in [5.41, 5.74) is 0.919. The number of alkyl carbamates (subject to hydrolysis) is 1. The Balaban J connectivity index is 1.40. The highest BCUT2D eigenvalue weighted by Crippen LogP contribution is 2.38. The van der Waals surface area contributed by atoms with Crippen LogP contribution in [-0.4, -0.2) is 66.4 Å². The second-order valence-electron chi connectivity index (χ2n) is 9.39. The molecule has 2 saturated heterocycles. The van der Waals surface area contributed by atoms with Gasteiger partial charge in [0.2, 0.25) is 0 Å². The van der Waals surface area contributed by atoms with Crippen LogP contribution in [-0.2, 0) is 16.9 Å². The van der Waals surface area contributed by atoms with E-state index in [4.69, 9.17) is 4.74 Å². The number of aliphatic hydroxyl groups is 1. The minimum Gasteiger partial charge on any atom is -0.445 e. The summed E-state index contributed by atoms with van der Waals surface area (Å²) in [6.07, 6.45) is 2.81. The van der Waals surface area contributed by atoms with E-state index in [0.717, 1.165) is 51.1 Å². The quantitative estimate of drug-likeness (QED) is 0.582. The van der Waals surface area contributed by atoms with E-state index in [9.17, 15) is 14.3 Å². The molecule has 0 aliphatic carbocycles. The Bertz CT molecular complexity index is 947. The highest BCUT2D eigenvalue weighted by Gasteiger charge is 2.47. The predicted molar refractivity (Wildman–Crippen MR) is 130 cm³/mol. The van der Waals surface area contributed by atoms with Gasteiger partial charge in [0.25, 0.3) is 0 Å². The Morgan fingerprint density at radius 1 is 1.15 bits per heavy atom. The van der Waals surface area contributed by atoms with Crippen LogP contribution in [0, 0.1) is 11.7 Å². The summed E-state index contributed by atoms with van der Waals surface area (Å²) in [4.78, 5) is 16.5. The minimum absolute atomic E-state index is 0.0104. The number of carbonyl (C=O) groups excluding carboxylic acids is 1. The van der Waals surface area contributed by atoms with Gasteiger partial charge in [0, 0.05) is 51.2 Å². The van der Waals surface area contributed by atoms with Gasteiger partial charge in [-0.2, -0.15) is 0 Å². The van der Waals surface area contributed by atoms with Gasteiger partial charge in [0.1, 0.15) is 18.0 Å². The minimum atomic E-state index is -1.05. The Labute approximate surface area is 201 Å². The van der Waals surface area contributed by atoms with Crippen LogP contribution in [0.5, 0.6) is 0 Å². The lowest BCUT2D eigenvalue weighted by Gasteiger charge is -2.37. The van der Waals surface area contributed by atoms with Crippen LogP contribution in [0.25, 0.3) is 0 Å². The molecule has 2 aliphatic rings. The molecule has 34 heavy (non-hydrogen) atoms. The molecule has 4 rings (SSSR count). The van der Waals surface area contributed by atoms with Crippen LogP contribution in [0.3, 0.4) is 0 Å². The van der Waals surface area contributed by atoms with Crippen LogP contribution >= 0.6 is 0 Å². The highest BCUT2D eigenvalue weighted by atomic mass is 19.1. The van der Waals surface area contributed by atoms with Gasteiger partial charge in [-0.15, -0.1) is 0 Å². The van der Waals surface area contributed by atoms with Gasteiger partial charge in [0.05, 0.1) is 0 Å². The third-order valence-electron chi connectivity index (χ3n) is 6.93. The van der Waals surface area contributed by atoms with Gasteiger partial charge in [-0.25, -0.2) is 9.18 Å². The van der Waals surface area contributed by atoms with Crippen LogP contribution in [0.15, 0.2) is 67.3 Å². The molecule has 2 fully saturated rings. The fourth-order valence-corrected chi connectivity index (χ4v) is 5.15. The lowest BCUT2D eigenvalue weighted by atomic mass is 9.83. The fraction of sp³-hybridized carbons (Fsp3) is 0.444. The number of ether oxygens (including phenoxy) is 1. The maximum Gasteiger partial charge on any atom is 0.407 e. The van der Waals surface area contributed by atoms with Gasteiger partial charge in [0.15, 0.2) is 0 Å². The Morgan fingerprint density at radius 2 is 1.85 bits per heavy atom. The van der Waals surface area contributed by atoms with Crippen LogP contribution in [0.4, 0.5) is 9.18 Å². The molecule has 6 nitrogen and oxygen atoms in total. The zero-order chi connectivity index (χ0) is 24.0. The zero-order valence-corrected chi connectivity index (χ0v) is 19.5. The van der Waals surface area contributed by atoms with E-state index in [1.807, 2.05) is 18.2 Å². The molecule has 0 saturated carbocycles. The summed E-state index contributed by atoms with van der Waals surface area (Å²) in [5.74, 6) is -0.312. The summed E-state index contributed by atoms with van der Waals surface area (Å²) < 4.78 is 18.6. The molecule has 0 spiro atoms. The van der Waals surface area contributed by atoms with Crippen molar-refractivity contribution in [1.82, 2.24) is 15.1 Å². The van der Waals surface area contributed by atoms with E-state index in [2.05, 4.69) is 33.8 Å². The number of rotatable bonds is 8. The molecule has 2 aromatic carbocycles. The third kappa shape index (κ3) is 6.03. The van der Waals surface area contributed by atoms with Crippen molar-refractivity contribution in [1.29, 1.82) is 0 Å². The number of carbonyl (C=O) groups is 1. The smallest absolute Gasteiger partial charge is 0.407 e. The molecule has 2 heterocycles. The van der Waals surface area contributed by atoms with Gasteiger partial charge in [-0.1, -0.05) is 55.1 Å². The molecule has 2 aromatic rings. The summed E-state index contributed by atoms with van der Waals surface area (Å²) >= 11 is 0. The monoisotopic (exact) mass is 467 g/mol. The number of benzene rings is 2. The van der Waals surface area contributed by atoms with E-state index in [-0.39, 0.29) is 24.4 Å². The van der Waals surface area contributed by atoms with E-state index in [1.165, 1.54) is 17.7 Å². The number of piperidine rings is 1. The first kappa shape index (κ1) is 24.4. The molecule has 182 valence electrons. The van der Waals surface area contributed by atoms with Crippen molar-refractivity contribution in [3.8, 4) is 0 Å². The normalized spacial score (nSPS) is 24.1. The lowest BCUT2D eigenvalue weighted by Crippen LogP contribution is -2.48. The standard InChI is InChI=1S/C27H34FN3O3/c1-2-16-34-26(32)29-25-12-14-30(15-13-25)18-23-19-31(17-21-6-4-3-5-7-21)20-27(23,33)22-8-10-24(28)11-9-22/h2-11,23,25,33H,1,12-20H2,(H,29,32). The van der Waals surface area contributed by atoms with E-state index in [0.29, 0.717) is 6.54 Å². The summed E-state index contributed by atoms with van der Waals surface area (Å²) in [6.45, 7) is 8.19. The van der Waals surface area contributed by atoms with Gasteiger partial charge in [-0.3, -0.25) is 4.90 Å². The number of likely N-dealkylation sites (tertiary alicyclic amines) is 2. The van der Waals surface area contributed by atoms with Crippen molar-refractivity contribution in [3.63, 3.8) is 0 Å². The van der Waals surface area contributed by atoms with Gasteiger partial charge >= 0.3 is 6.09 Å². The molecule has 1 amide bonds. The summed E-state index contributed by atoms with van der Waals surface area (Å²) in [7, 11) is 0. The fourth-order valence-electron chi connectivity index (χ4n) is 5.15. The first-order valence-corrected chi connectivity index (χ1v) is 12.0. The number of amides is 1. The first-order chi connectivity index (χ1) is 16.5. The van der Waals surface area contributed by atoms with E-state index < -0.39 is 11.7 Å². The molecular weight excluding hydrogens is 433 g/mol. The van der Waals surface area contributed by atoms with E-state index in [1.54, 1.807) is 18.2 Å². The summed E-state index contributed by atoms with van der Waals surface area (Å²) in [6, 6.07) is 16.6. The third-order valence-corrected chi connectivity index (χ3v) is 6.93. The second-order valence-corrected chi connectivity index (χ2v) is 9.39. The Kier molecular flexibility index (Phi) is 7.98.